The fourth-order valence-electron chi connectivity index (χ4n) is 1.50. The van der Waals surface area contributed by atoms with E-state index in [1.54, 1.807) is 13.0 Å². The van der Waals surface area contributed by atoms with Gasteiger partial charge in [-0.25, -0.2) is 0 Å². The van der Waals surface area contributed by atoms with Gasteiger partial charge in [0.25, 0.3) is 0 Å². The van der Waals surface area contributed by atoms with E-state index in [4.69, 9.17) is 4.74 Å². The summed E-state index contributed by atoms with van der Waals surface area (Å²) in [6.45, 7) is 3.40. The second kappa shape index (κ2) is 9.59. The predicted octanol–water partition coefficient (Wildman–Crippen LogP) is -1.79. The van der Waals surface area contributed by atoms with Gasteiger partial charge in [-0.1, -0.05) is 18.2 Å². The van der Waals surface area contributed by atoms with Crippen molar-refractivity contribution in [2.45, 2.75) is 13.3 Å². The highest BCUT2D eigenvalue weighted by Crippen LogP contribution is 2.13. The number of halogens is 1. The molecule has 0 saturated carbocycles. The summed E-state index contributed by atoms with van der Waals surface area (Å²) in [7, 11) is 4.27. The number of carbonyl (C=O) groups is 1. The topological polar surface area (TPSA) is 30.7 Å². The molecule has 0 fully saturated rings. The van der Waals surface area contributed by atoms with Crippen molar-refractivity contribution in [3.05, 3.63) is 35.9 Å². The molecular formula is C15H22ClNO2. The van der Waals surface area contributed by atoms with Crippen molar-refractivity contribution in [1.82, 2.24) is 0 Å². The maximum atomic E-state index is 10.8. The monoisotopic (exact) mass is 283 g/mol. The Kier molecular flexibility index (Phi) is 8.92. The van der Waals surface area contributed by atoms with Crippen molar-refractivity contribution in [3.63, 3.8) is 0 Å². The van der Waals surface area contributed by atoms with Gasteiger partial charge in [0, 0.05) is 6.42 Å². The summed E-state index contributed by atoms with van der Waals surface area (Å²) in [6, 6.07) is 7.77. The predicted molar refractivity (Wildman–Crippen MR) is 73.9 cm³/mol. The van der Waals surface area contributed by atoms with Crippen LogP contribution in [0.2, 0.25) is 0 Å². The summed E-state index contributed by atoms with van der Waals surface area (Å²) < 4.78 is 5.63. The summed E-state index contributed by atoms with van der Waals surface area (Å²) in [5.41, 5.74) is 1.01. The molecule has 0 aliphatic rings. The first kappa shape index (κ1) is 17.7. The van der Waals surface area contributed by atoms with Gasteiger partial charge in [-0.2, -0.15) is 0 Å². The second-order valence-electron chi connectivity index (χ2n) is 4.67. The number of hydrogen-bond acceptors (Lipinski definition) is 2. The van der Waals surface area contributed by atoms with E-state index in [-0.39, 0.29) is 18.2 Å². The van der Waals surface area contributed by atoms with Crippen molar-refractivity contribution in [3.8, 4) is 5.75 Å². The molecule has 0 atom stereocenters. The maximum Gasteiger partial charge on any atom is 0.152 e. The van der Waals surface area contributed by atoms with Gasteiger partial charge in [-0.3, -0.25) is 4.79 Å². The molecule has 0 aliphatic heterocycles. The summed E-state index contributed by atoms with van der Waals surface area (Å²) in [5.74, 6) is 0.935. The molecule has 0 saturated heterocycles. The molecule has 0 heterocycles. The van der Waals surface area contributed by atoms with Crippen LogP contribution >= 0.6 is 0 Å². The fourth-order valence-corrected chi connectivity index (χ4v) is 1.50. The van der Waals surface area contributed by atoms with Gasteiger partial charge in [-0.05, 0) is 30.7 Å². The van der Waals surface area contributed by atoms with Crippen LogP contribution in [-0.2, 0) is 4.79 Å². The third kappa shape index (κ3) is 8.41. The quantitative estimate of drug-likeness (QED) is 0.473. The van der Waals surface area contributed by atoms with Crippen LogP contribution in [0, 0.1) is 0 Å². The molecule has 0 aliphatic carbocycles. The van der Waals surface area contributed by atoms with Crippen molar-refractivity contribution in [2.75, 3.05) is 27.2 Å². The zero-order valence-corrected chi connectivity index (χ0v) is 12.5. The number of benzene rings is 1. The molecule has 0 spiro atoms. The summed E-state index contributed by atoms with van der Waals surface area (Å²) >= 11 is 0. The first-order valence-electron chi connectivity index (χ1n) is 6.28. The normalized spacial score (nSPS) is 10.5. The number of hydrogen-bond donors (Lipinski definition) is 1. The van der Waals surface area contributed by atoms with Gasteiger partial charge < -0.3 is 22.0 Å². The number of nitrogens with one attached hydrogen (secondary N) is 1. The Morgan fingerprint density at radius 1 is 1.26 bits per heavy atom. The zero-order valence-electron chi connectivity index (χ0n) is 11.8. The first-order chi connectivity index (χ1) is 8.58. The van der Waals surface area contributed by atoms with E-state index in [1.807, 2.05) is 30.3 Å². The van der Waals surface area contributed by atoms with Crippen LogP contribution in [-0.4, -0.2) is 33.0 Å². The van der Waals surface area contributed by atoms with Crippen molar-refractivity contribution < 1.29 is 26.8 Å². The summed E-state index contributed by atoms with van der Waals surface area (Å²) in [6.07, 6.45) is 4.42. The van der Waals surface area contributed by atoms with Crippen LogP contribution in [0.25, 0.3) is 6.08 Å². The second-order valence-corrected chi connectivity index (χ2v) is 4.67. The van der Waals surface area contributed by atoms with E-state index in [0.29, 0.717) is 0 Å². The van der Waals surface area contributed by atoms with Gasteiger partial charge in [-0.15, -0.1) is 0 Å². The third-order valence-corrected chi connectivity index (χ3v) is 2.48. The molecule has 0 aromatic heterocycles. The van der Waals surface area contributed by atoms with Crippen LogP contribution in [0.1, 0.15) is 18.9 Å². The van der Waals surface area contributed by atoms with E-state index >= 15 is 0 Å². The minimum absolute atomic E-state index is 0. The molecule has 106 valence electrons. The molecule has 0 bridgehead atoms. The van der Waals surface area contributed by atoms with Crippen molar-refractivity contribution in [2.24, 2.45) is 0 Å². The molecule has 0 radical (unpaired) electrons. The highest BCUT2D eigenvalue weighted by atomic mass is 35.5. The Bertz CT molecular complexity index is 399. The molecule has 3 nitrogen and oxygen atoms in total. The molecular weight excluding hydrogens is 262 g/mol. The number of rotatable bonds is 7. The van der Waals surface area contributed by atoms with Crippen LogP contribution in [0.5, 0.6) is 5.75 Å². The van der Waals surface area contributed by atoms with E-state index in [9.17, 15) is 4.79 Å². The van der Waals surface area contributed by atoms with Crippen molar-refractivity contribution in [1.29, 1.82) is 0 Å². The highest BCUT2D eigenvalue weighted by Gasteiger charge is 1.96. The first-order valence-corrected chi connectivity index (χ1v) is 6.28. The number of allylic oxidation sites excluding steroid dienone is 1. The Hall–Kier alpha value is -1.32. The molecule has 4 heteroatoms. The van der Waals surface area contributed by atoms with Crippen LogP contribution in [0.3, 0.4) is 0 Å². The Morgan fingerprint density at radius 2 is 1.89 bits per heavy atom. The van der Waals surface area contributed by atoms with E-state index in [1.165, 1.54) is 4.90 Å². The molecule has 1 aromatic rings. The minimum Gasteiger partial charge on any atom is -1.00 e. The summed E-state index contributed by atoms with van der Waals surface area (Å²) in [5, 5.41) is 0. The SMILES string of the molecule is CC(=O)/C=C/c1ccc(OCCC[NH+](C)C)cc1.[Cl-]. The largest absolute Gasteiger partial charge is 1.00 e. The maximum absolute atomic E-state index is 10.8. The lowest BCUT2D eigenvalue weighted by molar-refractivity contribution is -0.858. The number of carbonyl (C=O) groups excluding carboxylic acids is 1. The van der Waals surface area contributed by atoms with Gasteiger partial charge in [0.2, 0.25) is 0 Å². The standard InChI is InChI=1S/C15H21NO2.ClH/c1-13(17)5-6-14-7-9-15(10-8-14)18-12-4-11-16(2)3;/h5-10H,4,11-12H2,1-3H3;1H/b6-5+;. The smallest absolute Gasteiger partial charge is 0.152 e. The molecule has 19 heavy (non-hydrogen) atoms. The lowest BCUT2D eigenvalue weighted by Gasteiger charge is -2.08. The average molecular weight is 284 g/mol. The Labute approximate surface area is 121 Å². The van der Waals surface area contributed by atoms with E-state index in [2.05, 4.69) is 14.1 Å². The third-order valence-electron chi connectivity index (χ3n) is 2.48. The fraction of sp³-hybridized carbons (Fsp3) is 0.400. The van der Waals surface area contributed by atoms with E-state index in [0.717, 1.165) is 30.9 Å². The Balaban J connectivity index is 0.00000324. The highest BCUT2D eigenvalue weighted by molar-refractivity contribution is 5.91. The number of ketones is 1. The van der Waals surface area contributed by atoms with Gasteiger partial charge in [0.05, 0.1) is 27.2 Å². The average Bonchev–Trinajstić information content (AvgIpc) is 2.33. The van der Waals surface area contributed by atoms with Gasteiger partial charge >= 0.3 is 0 Å². The van der Waals surface area contributed by atoms with Crippen LogP contribution in [0.4, 0.5) is 0 Å². The van der Waals surface area contributed by atoms with Crippen LogP contribution in [0.15, 0.2) is 30.3 Å². The molecule has 0 unspecified atom stereocenters. The van der Waals surface area contributed by atoms with Crippen LogP contribution < -0.4 is 22.0 Å². The van der Waals surface area contributed by atoms with E-state index < -0.39 is 0 Å². The molecule has 1 rings (SSSR count). The van der Waals surface area contributed by atoms with Gasteiger partial charge in [0.15, 0.2) is 5.78 Å². The molecule has 1 N–H and O–H groups in total. The Morgan fingerprint density at radius 3 is 2.42 bits per heavy atom. The van der Waals surface area contributed by atoms with Gasteiger partial charge in [0.1, 0.15) is 5.75 Å². The van der Waals surface area contributed by atoms with Crippen molar-refractivity contribution >= 4 is 11.9 Å². The molecule has 0 amide bonds. The minimum atomic E-state index is 0. The summed E-state index contributed by atoms with van der Waals surface area (Å²) in [4.78, 5) is 12.2. The lowest BCUT2D eigenvalue weighted by Crippen LogP contribution is -3.05. The number of quaternary nitrogens is 1. The number of ether oxygens (including phenoxy) is 1. The zero-order chi connectivity index (χ0) is 13.4. The molecule has 1 aromatic carbocycles. The lowest BCUT2D eigenvalue weighted by atomic mass is 10.2.